The van der Waals surface area contributed by atoms with Gasteiger partial charge in [-0.15, -0.1) is 13.2 Å². The SMILES string of the molecule is C=CCN(Cc1ccc(OC)cc1)C(=O)N1CC(OC(=O)N2Cc3ccccc3C2)C[C@H]1C(=O)OC.C=CCNCc1ccc(OC)cc1. The summed E-state index contributed by atoms with van der Waals surface area (Å²) < 4.78 is 21.0. The summed E-state index contributed by atoms with van der Waals surface area (Å²) in [6.07, 6.45) is 2.57. The highest BCUT2D eigenvalue weighted by molar-refractivity contribution is 5.85. The number of urea groups is 1. The fourth-order valence-electron chi connectivity index (χ4n) is 5.69. The second-order valence-corrected chi connectivity index (χ2v) is 11.6. The van der Waals surface area contributed by atoms with Gasteiger partial charge in [0, 0.05) is 45.7 Å². The Morgan fingerprint density at radius 3 is 1.98 bits per heavy atom. The second kappa shape index (κ2) is 18.3. The topological polar surface area (TPSA) is 110 Å². The van der Waals surface area contributed by atoms with E-state index < -0.39 is 24.2 Å². The van der Waals surface area contributed by atoms with Crippen LogP contribution in [-0.2, 0) is 40.4 Å². The zero-order valence-corrected chi connectivity index (χ0v) is 28.5. The normalized spacial score (nSPS) is 16.1. The maximum absolute atomic E-state index is 13.6. The Hall–Kier alpha value is -5.29. The van der Waals surface area contributed by atoms with Gasteiger partial charge in [0.15, 0.2) is 0 Å². The van der Waals surface area contributed by atoms with E-state index in [2.05, 4.69) is 30.6 Å². The average molecular weight is 671 g/mol. The van der Waals surface area contributed by atoms with E-state index in [1.54, 1.807) is 30.1 Å². The molecule has 0 spiro atoms. The zero-order chi connectivity index (χ0) is 35.2. The lowest BCUT2D eigenvalue weighted by atomic mass is 10.1. The van der Waals surface area contributed by atoms with Gasteiger partial charge in [-0.25, -0.2) is 14.4 Å². The molecule has 260 valence electrons. The van der Waals surface area contributed by atoms with Crippen molar-refractivity contribution in [2.24, 2.45) is 0 Å². The van der Waals surface area contributed by atoms with Crippen LogP contribution in [0.1, 0.15) is 28.7 Å². The lowest BCUT2D eigenvalue weighted by Gasteiger charge is -2.30. The number of methoxy groups -OCH3 is 3. The first-order valence-electron chi connectivity index (χ1n) is 16.1. The van der Waals surface area contributed by atoms with Crippen molar-refractivity contribution >= 4 is 18.1 Å². The molecule has 0 radical (unpaired) electrons. The highest BCUT2D eigenvalue weighted by Crippen LogP contribution is 2.27. The molecule has 1 unspecified atom stereocenters. The number of rotatable bonds is 12. The first-order valence-corrected chi connectivity index (χ1v) is 16.1. The lowest BCUT2D eigenvalue weighted by molar-refractivity contribution is -0.145. The van der Waals surface area contributed by atoms with Gasteiger partial charge < -0.3 is 34.1 Å². The summed E-state index contributed by atoms with van der Waals surface area (Å²) in [5, 5.41) is 3.23. The molecule has 1 fully saturated rings. The Morgan fingerprint density at radius 1 is 0.857 bits per heavy atom. The van der Waals surface area contributed by atoms with Crippen LogP contribution in [0.25, 0.3) is 0 Å². The Bertz CT molecular complexity index is 1540. The zero-order valence-electron chi connectivity index (χ0n) is 28.5. The minimum Gasteiger partial charge on any atom is -0.497 e. The van der Waals surface area contributed by atoms with E-state index in [1.807, 2.05) is 66.7 Å². The van der Waals surface area contributed by atoms with E-state index in [1.165, 1.54) is 17.6 Å². The molecule has 2 heterocycles. The van der Waals surface area contributed by atoms with Gasteiger partial charge in [0.25, 0.3) is 0 Å². The summed E-state index contributed by atoms with van der Waals surface area (Å²) in [5.74, 6) is 1.07. The van der Waals surface area contributed by atoms with Crippen LogP contribution in [0.5, 0.6) is 11.5 Å². The van der Waals surface area contributed by atoms with Gasteiger partial charge in [0.1, 0.15) is 23.6 Å². The number of benzene rings is 3. The largest absolute Gasteiger partial charge is 0.497 e. The molecule has 0 bridgehead atoms. The predicted octanol–water partition coefficient (Wildman–Crippen LogP) is 5.54. The van der Waals surface area contributed by atoms with Gasteiger partial charge in [-0.3, -0.25) is 4.90 Å². The number of likely N-dealkylation sites (tertiary alicyclic amines) is 1. The molecule has 11 nitrogen and oxygen atoms in total. The van der Waals surface area contributed by atoms with Crippen molar-refractivity contribution < 1.29 is 33.3 Å². The average Bonchev–Trinajstić information content (AvgIpc) is 3.77. The van der Waals surface area contributed by atoms with Crippen LogP contribution >= 0.6 is 0 Å². The molecule has 2 aliphatic rings. The number of carbonyl (C=O) groups excluding carboxylic acids is 3. The highest BCUT2D eigenvalue weighted by atomic mass is 16.6. The number of fused-ring (bicyclic) bond motifs is 1. The fourth-order valence-corrected chi connectivity index (χ4v) is 5.69. The molecule has 0 saturated carbocycles. The van der Waals surface area contributed by atoms with Crippen molar-refractivity contribution in [3.8, 4) is 11.5 Å². The molecule has 0 aromatic heterocycles. The maximum atomic E-state index is 13.6. The Morgan fingerprint density at radius 2 is 1.45 bits per heavy atom. The summed E-state index contributed by atoms with van der Waals surface area (Å²) in [4.78, 5) is 43.6. The number of hydrogen-bond acceptors (Lipinski definition) is 8. The molecular weight excluding hydrogens is 624 g/mol. The standard InChI is InChI=1S/C27H31N3O6.C11H15NO/c1-4-13-28(15-19-9-11-22(34-2)12-10-19)26(32)30-18-23(14-24(30)25(31)35-3)36-27(33)29-16-20-7-5-6-8-21(20)17-29;1-3-8-12-9-10-4-6-11(13-2)7-5-10/h4-12,23-24H,1,13-18H2,2-3H3;3-7,12H,1,8-9H2,2H3/t23?,24-;/m0./s1. The maximum Gasteiger partial charge on any atom is 0.410 e. The van der Waals surface area contributed by atoms with Crippen LogP contribution in [-0.4, -0.2) is 85.9 Å². The molecule has 1 saturated heterocycles. The summed E-state index contributed by atoms with van der Waals surface area (Å²) in [6, 6.07) is 22.1. The van der Waals surface area contributed by atoms with Gasteiger partial charge in [-0.2, -0.15) is 0 Å². The Kier molecular flexibility index (Phi) is 13.7. The minimum atomic E-state index is -0.848. The summed E-state index contributed by atoms with van der Waals surface area (Å²) in [7, 11) is 4.55. The van der Waals surface area contributed by atoms with Gasteiger partial charge in [-0.05, 0) is 46.5 Å². The molecule has 0 aliphatic carbocycles. The molecule has 49 heavy (non-hydrogen) atoms. The van der Waals surface area contributed by atoms with Crippen LogP contribution in [0, 0.1) is 0 Å². The van der Waals surface area contributed by atoms with Crippen molar-refractivity contribution in [3.05, 3.63) is 120 Å². The van der Waals surface area contributed by atoms with Crippen LogP contribution in [0.2, 0.25) is 0 Å². The number of nitrogens with zero attached hydrogens (tertiary/aromatic N) is 3. The van der Waals surface area contributed by atoms with Gasteiger partial charge in [0.2, 0.25) is 0 Å². The Labute approximate surface area is 288 Å². The third-order valence-corrected chi connectivity index (χ3v) is 8.28. The number of amides is 3. The Balaban J connectivity index is 0.000000350. The molecule has 2 aliphatic heterocycles. The van der Waals surface area contributed by atoms with E-state index in [-0.39, 0.29) is 25.5 Å². The lowest BCUT2D eigenvalue weighted by Crippen LogP contribution is -2.48. The van der Waals surface area contributed by atoms with Crippen LogP contribution in [0.15, 0.2) is 98.1 Å². The number of hydrogen-bond donors (Lipinski definition) is 1. The first kappa shape index (κ1) is 36.5. The smallest absolute Gasteiger partial charge is 0.410 e. The summed E-state index contributed by atoms with van der Waals surface area (Å²) in [6.45, 7) is 10.8. The predicted molar refractivity (Wildman–Crippen MR) is 187 cm³/mol. The van der Waals surface area contributed by atoms with E-state index in [0.29, 0.717) is 19.6 Å². The minimum absolute atomic E-state index is 0.0986. The molecule has 2 atom stereocenters. The molecule has 3 amide bonds. The van der Waals surface area contributed by atoms with Gasteiger partial charge >= 0.3 is 18.1 Å². The van der Waals surface area contributed by atoms with E-state index in [0.717, 1.165) is 41.3 Å². The molecule has 1 N–H and O–H groups in total. The number of nitrogens with one attached hydrogen (secondary N) is 1. The van der Waals surface area contributed by atoms with Crippen molar-refractivity contribution in [1.29, 1.82) is 0 Å². The molecule has 3 aromatic rings. The third kappa shape index (κ3) is 10.1. The number of ether oxygens (including phenoxy) is 4. The summed E-state index contributed by atoms with van der Waals surface area (Å²) >= 11 is 0. The molecule has 5 rings (SSSR count). The van der Waals surface area contributed by atoms with Crippen LogP contribution in [0.4, 0.5) is 9.59 Å². The highest BCUT2D eigenvalue weighted by Gasteiger charge is 2.44. The first-order chi connectivity index (χ1) is 23.8. The molecular formula is C38H46N4O7. The molecule has 3 aromatic carbocycles. The summed E-state index contributed by atoms with van der Waals surface area (Å²) in [5.41, 5.74) is 4.33. The fraction of sp³-hybridized carbons (Fsp3) is 0.342. The third-order valence-electron chi connectivity index (χ3n) is 8.28. The van der Waals surface area contributed by atoms with E-state index in [9.17, 15) is 14.4 Å². The van der Waals surface area contributed by atoms with Crippen LogP contribution in [0.3, 0.4) is 0 Å². The van der Waals surface area contributed by atoms with Crippen LogP contribution < -0.4 is 14.8 Å². The van der Waals surface area contributed by atoms with Crippen molar-refractivity contribution in [3.63, 3.8) is 0 Å². The van der Waals surface area contributed by atoms with Gasteiger partial charge in [-0.1, -0.05) is 60.7 Å². The molecule has 11 heteroatoms. The van der Waals surface area contributed by atoms with Crippen molar-refractivity contribution in [2.75, 3.05) is 41.0 Å². The number of esters is 1. The van der Waals surface area contributed by atoms with E-state index >= 15 is 0 Å². The monoisotopic (exact) mass is 670 g/mol. The second-order valence-electron chi connectivity index (χ2n) is 11.6. The quantitative estimate of drug-likeness (QED) is 0.152. The van der Waals surface area contributed by atoms with E-state index in [4.69, 9.17) is 18.9 Å². The van der Waals surface area contributed by atoms with Crippen molar-refractivity contribution in [1.82, 2.24) is 20.0 Å². The van der Waals surface area contributed by atoms with Gasteiger partial charge in [0.05, 0.1) is 27.9 Å². The number of carbonyl (C=O) groups is 3. The van der Waals surface area contributed by atoms with Crippen molar-refractivity contribution in [2.45, 2.75) is 44.7 Å².